The number of aliphatic carboxylic acids is 1. The molecule has 47 heavy (non-hydrogen) atoms. The number of carboxylic acids is 1. The van der Waals surface area contributed by atoms with Crippen molar-refractivity contribution in [2.24, 2.45) is 0 Å². The fraction of sp³-hybridized carbons (Fsp3) is 0.361. The maximum atomic E-state index is 13.6. The van der Waals surface area contributed by atoms with Crippen LogP contribution in [-0.4, -0.2) is 55.7 Å². The number of fused-ring (bicyclic) bond motifs is 1. The van der Waals surface area contributed by atoms with Crippen molar-refractivity contribution in [3.63, 3.8) is 0 Å². The Morgan fingerprint density at radius 3 is 2.23 bits per heavy atom. The van der Waals surface area contributed by atoms with Crippen LogP contribution in [-0.2, 0) is 25.5 Å². The van der Waals surface area contributed by atoms with E-state index in [1.807, 2.05) is 66.7 Å². The van der Waals surface area contributed by atoms with Crippen LogP contribution in [0.15, 0.2) is 85.3 Å². The topological polar surface area (TPSA) is 152 Å². The molecule has 0 aliphatic heterocycles. The van der Waals surface area contributed by atoms with Crippen LogP contribution in [0.1, 0.15) is 72.1 Å². The number of carbonyl (C=O) groups excluding carboxylic acids is 3. The van der Waals surface area contributed by atoms with Crippen LogP contribution in [0.25, 0.3) is 10.8 Å². The molecule has 11 heteroatoms. The second kappa shape index (κ2) is 15.4. The van der Waals surface area contributed by atoms with Gasteiger partial charge in [0.25, 0.3) is 0 Å². The minimum Gasteiger partial charge on any atom is -0.479 e. The van der Waals surface area contributed by atoms with Gasteiger partial charge in [0.15, 0.2) is 11.9 Å². The van der Waals surface area contributed by atoms with Crippen LogP contribution in [0.2, 0.25) is 0 Å². The summed E-state index contributed by atoms with van der Waals surface area (Å²) in [6, 6.07) is 20.8. The smallest absolute Gasteiger partial charge is 0.408 e. The Morgan fingerprint density at radius 1 is 0.915 bits per heavy atom. The van der Waals surface area contributed by atoms with Gasteiger partial charge >= 0.3 is 12.1 Å². The zero-order chi connectivity index (χ0) is 33.5. The van der Waals surface area contributed by atoms with Crippen molar-refractivity contribution < 1.29 is 29.0 Å². The highest BCUT2D eigenvalue weighted by molar-refractivity contribution is 5.98. The summed E-state index contributed by atoms with van der Waals surface area (Å²) in [5, 5.41) is 20.0. The first-order chi connectivity index (χ1) is 21.7. The third kappa shape index (κ3) is 10.2. The third-order valence-electron chi connectivity index (χ3n) is 7.28. The number of anilines is 1. The lowest BCUT2D eigenvalue weighted by molar-refractivity contribution is -0.139. The number of aromatic nitrogens is 2. The predicted octanol–water partition coefficient (Wildman–Crippen LogP) is 6.10. The number of alkyl carbamates (subject to hydrolysis) is 1. The zero-order valence-corrected chi connectivity index (χ0v) is 26.7. The molecule has 0 fully saturated rings. The van der Waals surface area contributed by atoms with E-state index in [4.69, 9.17) is 4.74 Å². The second-order valence-electron chi connectivity index (χ2n) is 12.7. The molecule has 250 valence electrons. The Balaban J connectivity index is 0.00000600. The van der Waals surface area contributed by atoms with Gasteiger partial charge in [0.05, 0.1) is 6.33 Å². The molecule has 0 radical (unpaired) electrons. The van der Waals surface area contributed by atoms with Gasteiger partial charge in [-0.1, -0.05) is 74.2 Å². The fourth-order valence-electron chi connectivity index (χ4n) is 4.95. The zero-order valence-electron chi connectivity index (χ0n) is 26.7. The first-order valence-corrected chi connectivity index (χ1v) is 15.1. The molecule has 2 atom stereocenters. The number of aryl methyl sites for hydroxylation is 1. The quantitative estimate of drug-likeness (QED) is 0.146. The molecular weight excluding hydrogens is 598 g/mol. The van der Waals surface area contributed by atoms with E-state index >= 15 is 0 Å². The number of hydrogen-bond donors (Lipinski definition) is 4. The molecule has 0 bridgehead atoms. The number of amides is 3. The Labute approximate surface area is 275 Å². The molecule has 1 heterocycles. The molecule has 0 saturated carbocycles. The highest BCUT2D eigenvalue weighted by atomic mass is 16.6. The highest BCUT2D eigenvalue weighted by Gasteiger charge is 2.34. The van der Waals surface area contributed by atoms with Gasteiger partial charge in [-0.3, -0.25) is 9.59 Å². The van der Waals surface area contributed by atoms with Crippen LogP contribution in [0.3, 0.4) is 0 Å². The van der Waals surface area contributed by atoms with E-state index in [1.165, 1.54) is 30.9 Å². The summed E-state index contributed by atoms with van der Waals surface area (Å²) in [6.45, 7) is 8.19. The van der Waals surface area contributed by atoms with Crippen LogP contribution in [0, 0.1) is 0 Å². The number of ether oxygens (including phenoxy) is 1. The molecule has 11 nitrogen and oxygen atoms in total. The fourth-order valence-corrected chi connectivity index (χ4v) is 4.95. The van der Waals surface area contributed by atoms with Crippen LogP contribution < -0.4 is 16.0 Å². The van der Waals surface area contributed by atoms with Gasteiger partial charge in [-0.05, 0) is 81.8 Å². The maximum absolute atomic E-state index is 13.6. The molecule has 4 N–H and O–H groups in total. The lowest BCUT2D eigenvalue weighted by Gasteiger charge is -2.29. The minimum atomic E-state index is -1.39. The maximum Gasteiger partial charge on any atom is 0.408 e. The van der Waals surface area contributed by atoms with Gasteiger partial charge in [-0.25, -0.2) is 14.6 Å². The van der Waals surface area contributed by atoms with Gasteiger partial charge < -0.3 is 30.4 Å². The van der Waals surface area contributed by atoms with Gasteiger partial charge in [-0.15, -0.1) is 0 Å². The molecule has 4 rings (SSSR count). The number of carbonyl (C=O) groups is 4. The first kappa shape index (κ1) is 36.3. The number of rotatable bonds is 12. The molecular formula is C36H45N5O6. The number of carboxylic acid groups (broad SMARTS) is 1. The third-order valence-corrected chi connectivity index (χ3v) is 7.28. The monoisotopic (exact) mass is 643 g/mol. The van der Waals surface area contributed by atoms with Gasteiger partial charge in [-0.2, -0.15) is 0 Å². The summed E-state index contributed by atoms with van der Waals surface area (Å²) < 4.78 is 6.71. The van der Waals surface area contributed by atoms with Crippen molar-refractivity contribution in [2.45, 2.75) is 84.5 Å². The second-order valence-corrected chi connectivity index (χ2v) is 12.7. The molecule has 0 aliphatic carbocycles. The van der Waals surface area contributed by atoms with Crippen molar-refractivity contribution in [3.8, 4) is 0 Å². The predicted molar refractivity (Wildman–Crippen MR) is 182 cm³/mol. The Hall–Kier alpha value is -5.19. The molecule has 1 unspecified atom stereocenters. The van der Waals surface area contributed by atoms with Crippen LogP contribution in [0.4, 0.5) is 10.6 Å². The molecule has 0 spiro atoms. The van der Waals surface area contributed by atoms with E-state index in [9.17, 15) is 24.3 Å². The highest BCUT2D eigenvalue weighted by Crippen LogP contribution is 2.25. The van der Waals surface area contributed by atoms with Crippen molar-refractivity contribution >= 4 is 40.5 Å². The summed E-state index contributed by atoms with van der Waals surface area (Å²) in [7, 11) is 0. The van der Waals surface area contributed by atoms with Crippen molar-refractivity contribution in [3.05, 3.63) is 96.4 Å². The molecule has 3 amide bonds. The minimum absolute atomic E-state index is 0. The van der Waals surface area contributed by atoms with Gasteiger partial charge in [0.1, 0.15) is 17.2 Å². The molecule has 0 saturated heterocycles. The Kier molecular flexibility index (Phi) is 11.9. The normalized spacial score (nSPS) is 12.7. The largest absolute Gasteiger partial charge is 0.479 e. The molecule has 3 aromatic carbocycles. The van der Waals surface area contributed by atoms with Crippen molar-refractivity contribution in [2.75, 3.05) is 5.32 Å². The Bertz CT molecular complexity index is 1690. The summed E-state index contributed by atoms with van der Waals surface area (Å²) in [6.07, 6.45) is 3.59. The number of nitrogens with one attached hydrogen (secondary N) is 3. The van der Waals surface area contributed by atoms with E-state index in [0.717, 1.165) is 16.3 Å². The van der Waals surface area contributed by atoms with Gasteiger partial charge in [0.2, 0.25) is 11.8 Å². The van der Waals surface area contributed by atoms with E-state index in [2.05, 4.69) is 20.9 Å². The first-order valence-electron chi connectivity index (χ1n) is 15.1. The SMILES string of the molecule is C.CC(C)(C)OC(=O)NC(C)(C)C(=O)N[C@H](CCCc1ccccc1)C(=O)Nc1cn(C(C(=O)O)c2ccc3ccccc3c2)cn1. The van der Waals surface area contributed by atoms with E-state index in [1.54, 1.807) is 26.8 Å². The number of imidazole rings is 1. The average Bonchev–Trinajstić information content (AvgIpc) is 3.43. The lowest BCUT2D eigenvalue weighted by Crippen LogP contribution is -2.58. The number of nitrogens with zero attached hydrogens (tertiary/aromatic N) is 2. The van der Waals surface area contributed by atoms with E-state index in [0.29, 0.717) is 24.8 Å². The molecule has 4 aromatic rings. The molecule has 1 aromatic heterocycles. The summed E-state index contributed by atoms with van der Waals surface area (Å²) in [5.41, 5.74) is -0.510. The van der Waals surface area contributed by atoms with Crippen LogP contribution >= 0.6 is 0 Å². The summed E-state index contributed by atoms with van der Waals surface area (Å²) in [5.74, 6) is -2.06. The molecule has 0 aliphatic rings. The number of benzene rings is 3. The summed E-state index contributed by atoms with van der Waals surface area (Å²) >= 11 is 0. The van der Waals surface area contributed by atoms with E-state index in [-0.39, 0.29) is 13.2 Å². The van der Waals surface area contributed by atoms with Crippen molar-refractivity contribution in [1.29, 1.82) is 0 Å². The number of hydrogen-bond acceptors (Lipinski definition) is 6. The Morgan fingerprint density at radius 2 is 1.57 bits per heavy atom. The average molecular weight is 644 g/mol. The van der Waals surface area contributed by atoms with Crippen LogP contribution in [0.5, 0.6) is 0 Å². The lowest BCUT2D eigenvalue weighted by atomic mass is 10.0. The van der Waals surface area contributed by atoms with Crippen molar-refractivity contribution in [1.82, 2.24) is 20.2 Å². The standard InChI is InChI=1S/C35H41N5O6.CH4/c1-34(2,3)46-33(45)39-35(4,5)32(44)37-27(17-11-14-23-12-7-6-8-13-23)30(41)38-28-21-40(22-36-28)29(31(42)43)26-19-18-24-15-9-10-16-25(24)20-26;/h6-10,12-13,15-16,18-22,27,29H,11,14,17H2,1-5H3,(H,37,44)(H,38,41)(H,39,45)(H,42,43);1H4/t27-,29?;/m1./s1. The van der Waals surface area contributed by atoms with Gasteiger partial charge in [0, 0.05) is 6.20 Å². The summed E-state index contributed by atoms with van der Waals surface area (Å²) in [4.78, 5) is 55.9. The van der Waals surface area contributed by atoms with E-state index < -0.39 is 47.1 Å².